The number of H-pyrrole nitrogens is 1. The van der Waals surface area contributed by atoms with E-state index in [2.05, 4.69) is 38.0 Å². The Morgan fingerprint density at radius 3 is 2.95 bits per heavy atom. The number of hydrogen-bond donors (Lipinski definition) is 1. The lowest BCUT2D eigenvalue weighted by molar-refractivity contribution is 0.645. The van der Waals surface area contributed by atoms with Gasteiger partial charge in [-0.1, -0.05) is 0 Å². The fourth-order valence-corrected chi connectivity index (χ4v) is 2.95. The van der Waals surface area contributed by atoms with Gasteiger partial charge in [0.05, 0.1) is 11.9 Å². The summed E-state index contributed by atoms with van der Waals surface area (Å²) in [5.41, 5.74) is 4.71. The Labute approximate surface area is 121 Å². The Balaban J connectivity index is 1.67. The molecule has 0 saturated carbocycles. The summed E-state index contributed by atoms with van der Waals surface area (Å²) >= 11 is 1.46. The first kappa shape index (κ1) is 13.1. The Bertz CT molecular complexity index is 661. The van der Waals surface area contributed by atoms with E-state index >= 15 is 0 Å². The summed E-state index contributed by atoms with van der Waals surface area (Å²) in [6.07, 6.45) is 7.85. The molecule has 1 N–H and O–H groups in total. The van der Waals surface area contributed by atoms with E-state index in [0.717, 1.165) is 36.5 Å². The van der Waals surface area contributed by atoms with Gasteiger partial charge in [-0.3, -0.25) is 5.10 Å². The minimum absolute atomic E-state index is 0.954. The lowest BCUT2D eigenvalue weighted by Gasteiger charge is -2.06. The van der Waals surface area contributed by atoms with Gasteiger partial charge in [-0.2, -0.15) is 5.10 Å². The summed E-state index contributed by atoms with van der Waals surface area (Å²) in [5.74, 6) is 0.999. The van der Waals surface area contributed by atoms with Crippen LogP contribution in [-0.2, 0) is 13.0 Å². The molecule has 0 fully saturated rings. The molecule has 3 aromatic heterocycles. The molecule has 3 rings (SSSR count). The molecule has 0 aliphatic heterocycles. The zero-order valence-electron chi connectivity index (χ0n) is 11.6. The smallest absolute Gasteiger partial charge is 0.142 e. The number of nitrogens with zero attached hydrogens (tertiary/aromatic N) is 4. The highest BCUT2D eigenvalue weighted by atomic mass is 32.1. The largest absolute Gasteiger partial charge is 0.331 e. The minimum Gasteiger partial charge on any atom is -0.331 e. The van der Waals surface area contributed by atoms with E-state index in [9.17, 15) is 0 Å². The Hall–Kier alpha value is -1.95. The number of hydrogen-bond acceptors (Lipinski definition) is 4. The molecule has 5 nitrogen and oxygen atoms in total. The van der Waals surface area contributed by atoms with Crippen molar-refractivity contribution < 1.29 is 0 Å². The number of rotatable bonds is 5. The zero-order chi connectivity index (χ0) is 13.9. The first-order valence-corrected chi connectivity index (χ1v) is 7.50. The molecular formula is C14H17N5S. The molecule has 0 radical (unpaired) electrons. The third-order valence-corrected chi connectivity index (χ3v) is 4.10. The Kier molecular flexibility index (Phi) is 3.64. The van der Waals surface area contributed by atoms with Crippen molar-refractivity contribution in [2.24, 2.45) is 0 Å². The van der Waals surface area contributed by atoms with Gasteiger partial charge in [0.1, 0.15) is 5.82 Å². The van der Waals surface area contributed by atoms with Crippen LogP contribution < -0.4 is 0 Å². The van der Waals surface area contributed by atoms with E-state index in [4.69, 9.17) is 0 Å². The van der Waals surface area contributed by atoms with Gasteiger partial charge in [-0.05, 0) is 43.8 Å². The van der Waals surface area contributed by atoms with Crippen molar-refractivity contribution in [3.05, 3.63) is 40.9 Å². The second kappa shape index (κ2) is 5.58. The van der Waals surface area contributed by atoms with Crippen molar-refractivity contribution in [1.82, 2.24) is 24.1 Å². The second-order valence-electron chi connectivity index (χ2n) is 4.87. The number of nitrogens with one attached hydrogen (secondary N) is 1. The van der Waals surface area contributed by atoms with E-state index in [1.165, 1.54) is 22.8 Å². The zero-order valence-corrected chi connectivity index (χ0v) is 12.4. The lowest BCUT2D eigenvalue weighted by atomic mass is 10.1. The molecule has 0 amide bonds. The van der Waals surface area contributed by atoms with Crippen molar-refractivity contribution in [3.63, 3.8) is 0 Å². The molecular weight excluding hydrogens is 270 g/mol. The summed E-state index contributed by atoms with van der Waals surface area (Å²) in [6, 6.07) is 0. The standard InChI is InChI=1S/C14H17N5S/c1-10-13(11(2)18-17-10)4-3-6-19-7-5-15-14(19)12-8-16-20-9-12/h5,7-9H,3-4,6H2,1-2H3,(H,17,18). The van der Waals surface area contributed by atoms with Crippen LogP contribution in [0, 0.1) is 13.8 Å². The van der Waals surface area contributed by atoms with Gasteiger partial charge in [0.25, 0.3) is 0 Å². The maximum Gasteiger partial charge on any atom is 0.142 e. The van der Waals surface area contributed by atoms with Gasteiger partial charge in [-0.15, -0.1) is 0 Å². The molecule has 104 valence electrons. The quantitative estimate of drug-likeness (QED) is 0.785. The Morgan fingerprint density at radius 2 is 2.25 bits per heavy atom. The normalized spacial score (nSPS) is 11.1. The van der Waals surface area contributed by atoms with E-state index in [-0.39, 0.29) is 0 Å². The van der Waals surface area contributed by atoms with E-state index in [0.29, 0.717) is 0 Å². The molecule has 0 aliphatic rings. The van der Waals surface area contributed by atoms with Crippen LogP contribution in [0.4, 0.5) is 0 Å². The van der Waals surface area contributed by atoms with Crippen LogP contribution in [0.25, 0.3) is 11.4 Å². The molecule has 0 unspecified atom stereocenters. The molecule has 0 saturated heterocycles. The molecule has 6 heteroatoms. The number of aromatic amines is 1. The molecule has 0 atom stereocenters. The topological polar surface area (TPSA) is 59.4 Å². The first-order valence-electron chi connectivity index (χ1n) is 6.67. The van der Waals surface area contributed by atoms with Crippen molar-refractivity contribution in [1.29, 1.82) is 0 Å². The fraction of sp³-hybridized carbons (Fsp3) is 0.357. The van der Waals surface area contributed by atoms with Gasteiger partial charge in [-0.25, -0.2) is 9.36 Å². The minimum atomic E-state index is 0.954. The predicted octanol–water partition coefficient (Wildman–Crippen LogP) is 2.98. The summed E-state index contributed by atoms with van der Waals surface area (Å²) in [7, 11) is 0. The lowest BCUT2D eigenvalue weighted by Crippen LogP contribution is -2.01. The third kappa shape index (κ3) is 2.51. The molecule has 3 heterocycles. The molecule has 20 heavy (non-hydrogen) atoms. The molecule has 0 aliphatic carbocycles. The van der Waals surface area contributed by atoms with Gasteiger partial charge >= 0.3 is 0 Å². The third-order valence-electron chi connectivity index (χ3n) is 3.51. The average Bonchev–Trinajstić information content (AvgIpc) is 3.14. The van der Waals surface area contributed by atoms with Crippen LogP contribution >= 0.6 is 11.5 Å². The summed E-state index contributed by atoms with van der Waals surface area (Å²) in [6.45, 7) is 5.09. The van der Waals surface area contributed by atoms with E-state index < -0.39 is 0 Å². The average molecular weight is 287 g/mol. The van der Waals surface area contributed by atoms with Crippen molar-refractivity contribution in [2.45, 2.75) is 33.2 Å². The molecule has 3 aromatic rings. The highest BCUT2D eigenvalue weighted by Gasteiger charge is 2.09. The number of aryl methyl sites for hydroxylation is 3. The highest BCUT2D eigenvalue weighted by Crippen LogP contribution is 2.19. The number of aromatic nitrogens is 5. The maximum absolute atomic E-state index is 4.42. The van der Waals surface area contributed by atoms with Crippen LogP contribution in [0.5, 0.6) is 0 Å². The summed E-state index contributed by atoms with van der Waals surface area (Å²) in [5, 5.41) is 9.31. The molecule has 0 bridgehead atoms. The van der Waals surface area contributed by atoms with E-state index in [1.54, 1.807) is 0 Å². The van der Waals surface area contributed by atoms with Crippen LogP contribution in [0.1, 0.15) is 23.4 Å². The van der Waals surface area contributed by atoms with Gasteiger partial charge in [0.15, 0.2) is 0 Å². The van der Waals surface area contributed by atoms with Gasteiger partial charge in [0, 0.05) is 35.6 Å². The molecule has 0 spiro atoms. The van der Waals surface area contributed by atoms with Crippen LogP contribution in [0.15, 0.2) is 24.0 Å². The van der Waals surface area contributed by atoms with Crippen LogP contribution in [0.2, 0.25) is 0 Å². The van der Waals surface area contributed by atoms with Crippen molar-refractivity contribution in [3.8, 4) is 11.4 Å². The summed E-state index contributed by atoms with van der Waals surface area (Å²) < 4.78 is 6.33. The van der Waals surface area contributed by atoms with Crippen LogP contribution in [0.3, 0.4) is 0 Å². The predicted molar refractivity (Wildman–Crippen MR) is 79.7 cm³/mol. The first-order chi connectivity index (χ1) is 9.75. The maximum atomic E-state index is 4.42. The Morgan fingerprint density at radius 1 is 1.35 bits per heavy atom. The highest BCUT2D eigenvalue weighted by molar-refractivity contribution is 7.03. The van der Waals surface area contributed by atoms with Crippen LogP contribution in [-0.4, -0.2) is 24.1 Å². The van der Waals surface area contributed by atoms with Gasteiger partial charge < -0.3 is 4.57 Å². The second-order valence-corrected chi connectivity index (χ2v) is 5.53. The van der Waals surface area contributed by atoms with E-state index in [1.807, 2.05) is 24.0 Å². The monoisotopic (exact) mass is 287 g/mol. The van der Waals surface area contributed by atoms with Gasteiger partial charge in [0.2, 0.25) is 0 Å². The van der Waals surface area contributed by atoms with Crippen molar-refractivity contribution >= 4 is 11.5 Å². The summed E-state index contributed by atoms with van der Waals surface area (Å²) in [4.78, 5) is 4.42. The number of imidazole rings is 1. The SMILES string of the molecule is Cc1n[nH]c(C)c1CCCn1ccnc1-c1cnsc1. The van der Waals surface area contributed by atoms with Crippen molar-refractivity contribution in [2.75, 3.05) is 0 Å². The fourth-order valence-electron chi connectivity index (χ4n) is 2.43. The molecule has 0 aromatic carbocycles.